The Labute approximate surface area is 153 Å². The fourth-order valence-corrected chi connectivity index (χ4v) is 6.28. The predicted octanol–water partition coefficient (Wildman–Crippen LogP) is 1.75. The van der Waals surface area contributed by atoms with Crippen LogP contribution in [0.25, 0.3) is 0 Å². The summed E-state index contributed by atoms with van der Waals surface area (Å²) < 4.78 is 12.2. The molecule has 2 unspecified atom stereocenters. The molecule has 0 aromatic heterocycles. The first kappa shape index (κ1) is 16.5. The second-order valence-corrected chi connectivity index (χ2v) is 8.41. The monoisotopic (exact) mass is 355 g/mol. The summed E-state index contributed by atoms with van der Waals surface area (Å²) in [6, 6.07) is 0.414. The van der Waals surface area contributed by atoms with E-state index in [9.17, 15) is 9.90 Å². The molecular formula is C21H25NO4. The Bertz CT molecular complexity index is 783. The summed E-state index contributed by atoms with van der Waals surface area (Å²) in [6.45, 7) is 6.50. The van der Waals surface area contributed by atoms with Gasteiger partial charge in [0, 0.05) is 23.5 Å². The molecule has 138 valence electrons. The molecule has 5 nitrogen and oxygen atoms in total. The fraction of sp³-hybridized carbons (Fsp3) is 0.571. The fourth-order valence-electron chi connectivity index (χ4n) is 6.28. The number of rotatable bonds is 2. The van der Waals surface area contributed by atoms with Crippen LogP contribution in [0.3, 0.4) is 0 Å². The number of hydrogen-bond donors (Lipinski definition) is 1. The van der Waals surface area contributed by atoms with E-state index in [1.54, 1.807) is 0 Å². The lowest BCUT2D eigenvalue weighted by Crippen LogP contribution is -2.62. The minimum Gasteiger partial charge on any atom is -0.452 e. The van der Waals surface area contributed by atoms with E-state index in [2.05, 4.69) is 30.7 Å². The van der Waals surface area contributed by atoms with Crippen molar-refractivity contribution in [2.75, 3.05) is 13.6 Å². The molecule has 2 heterocycles. The van der Waals surface area contributed by atoms with Crippen molar-refractivity contribution in [3.8, 4) is 0 Å². The molecule has 1 N–H and O–H groups in total. The molecule has 2 bridgehead atoms. The third kappa shape index (κ3) is 1.79. The normalized spacial score (nSPS) is 48.3. The minimum absolute atomic E-state index is 0.211. The van der Waals surface area contributed by atoms with Crippen LogP contribution in [0, 0.1) is 11.3 Å². The van der Waals surface area contributed by atoms with Crippen molar-refractivity contribution in [3.63, 3.8) is 0 Å². The maximum atomic E-state index is 11.9. The molecular weight excluding hydrogens is 330 g/mol. The summed E-state index contributed by atoms with van der Waals surface area (Å²) in [7, 11) is 2.19. The van der Waals surface area contributed by atoms with Crippen LogP contribution in [0.5, 0.6) is 0 Å². The quantitative estimate of drug-likeness (QED) is 0.465. The van der Waals surface area contributed by atoms with Gasteiger partial charge in [-0.3, -0.25) is 0 Å². The van der Waals surface area contributed by atoms with Crippen molar-refractivity contribution >= 4 is 5.97 Å². The number of piperidine rings is 1. The molecule has 26 heavy (non-hydrogen) atoms. The third-order valence-electron chi connectivity index (χ3n) is 7.30. The highest BCUT2D eigenvalue weighted by Gasteiger charge is 2.70. The van der Waals surface area contributed by atoms with Crippen LogP contribution < -0.4 is 0 Å². The number of aliphatic hydroxyl groups is 1. The summed E-state index contributed by atoms with van der Waals surface area (Å²) in [5.41, 5.74) is 1.59. The standard InChI is InChI=1S/C21H25NO4/c1-4-17(24)25-16-8-5-12-11-14-13-6-7-15(23)19-21(13,9-10-22(14)3)18(12)20(16,2)26-19/h4-8,13-16,19,23H,1,9-11H2,2-3H3/t13-,14+,15-,16?,19-,20?,21-/m0/s1. The number of carbonyl (C=O) groups excluding carboxylic acids is 1. The molecule has 2 aliphatic heterocycles. The molecule has 7 atom stereocenters. The van der Waals surface area contributed by atoms with Crippen molar-refractivity contribution in [3.05, 3.63) is 48.1 Å². The van der Waals surface area contributed by atoms with Crippen LogP contribution in [-0.4, -0.2) is 59.5 Å². The van der Waals surface area contributed by atoms with E-state index < -0.39 is 23.8 Å². The lowest BCUT2D eigenvalue weighted by molar-refractivity contribution is -0.162. The number of allylic oxidation sites excluding steroid dienone is 1. The second kappa shape index (κ2) is 5.18. The van der Waals surface area contributed by atoms with E-state index in [0.717, 1.165) is 19.4 Å². The van der Waals surface area contributed by atoms with Crippen molar-refractivity contribution in [1.29, 1.82) is 0 Å². The second-order valence-electron chi connectivity index (χ2n) is 8.41. The van der Waals surface area contributed by atoms with Crippen LogP contribution >= 0.6 is 0 Å². The van der Waals surface area contributed by atoms with Crippen LogP contribution in [-0.2, 0) is 14.3 Å². The number of aliphatic hydroxyl groups excluding tert-OH is 1. The number of likely N-dealkylation sites (tertiary alicyclic amines) is 1. The number of ether oxygens (including phenoxy) is 2. The number of esters is 1. The first-order valence-electron chi connectivity index (χ1n) is 9.41. The van der Waals surface area contributed by atoms with Gasteiger partial charge in [0.2, 0.25) is 0 Å². The largest absolute Gasteiger partial charge is 0.452 e. The smallest absolute Gasteiger partial charge is 0.330 e. The van der Waals surface area contributed by atoms with Gasteiger partial charge in [0.05, 0.1) is 12.2 Å². The van der Waals surface area contributed by atoms with Gasteiger partial charge >= 0.3 is 5.97 Å². The Morgan fingerprint density at radius 2 is 2.27 bits per heavy atom. The summed E-state index contributed by atoms with van der Waals surface area (Å²) in [5.74, 6) is -0.134. The third-order valence-corrected chi connectivity index (χ3v) is 7.30. The zero-order valence-electron chi connectivity index (χ0n) is 15.2. The topological polar surface area (TPSA) is 59.0 Å². The summed E-state index contributed by atoms with van der Waals surface area (Å²) in [5, 5.41) is 10.8. The number of nitrogens with zero attached hydrogens (tertiary/aromatic N) is 1. The molecule has 3 aliphatic carbocycles. The average Bonchev–Trinajstić information content (AvgIpc) is 2.91. The first-order valence-corrected chi connectivity index (χ1v) is 9.41. The van der Waals surface area contributed by atoms with Crippen LogP contribution in [0.4, 0.5) is 0 Å². The summed E-state index contributed by atoms with van der Waals surface area (Å²) in [6.07, 6.45) is 9.79. The van der Waals surface area contributed by atoms with E-state index in [1.807, 2.05) is 19.1 Å². The van der Waals surface area contributed by atoms with Crippen molar-refractivity contribution < 1.29 is 19.4 Å². The van der Waals surface area contributed by atoms with Gasteiger partial charge in [-0.15, -0.1) is 0 Å². The van der Waals surface area contributed by atoms with E-state index >= 15 is 0 Å². The van der Waals surface area contributed by atoms with E-state index in [4.69, 9.17) is 9.47 Å². The van der Waals surface area contributed by atoms with Crippen molar-refractivity contribution in [1.82, 2.24) is 4.90 Å². The van der Waals surface area contributed by atoms with Gasteiger partial charge in [0.1, 0.15) is 5.60 Å². The highest BCUT2D eigenvalue weighted by molar-refractivity contribution is 5.81. The Morgan fingerprint density at radius 1 is 1.46 bits per heavy atom. The maximum Gasteiger partial charge on any atom is 0.330 e. The lowest BCUT2D eigenvalue weighted by Gasteiger charge is -2.58. The van der Waals surface area contributed by atoms with Crippen LogP contribution in [0.15, 0.2) is 48.1 Å². The average molecular weight is 355 g/mol. The molecule has 0 aromatic rings. The Kier molecular flexibility index (Phi) is 3.29. The molecule has 1 spiro atoms. The minimum atomic E-state index is -0.737. The van der Waals surface area contributed by atoms with Gasteiger partial charge in [-0.1, -0.05) is 24.8 Å². The van der Waals surface area contributed by atoms with Crippen molar-refractivity contribution in [2.45, 2.75) is 49.7 Å². The molecule has 5 rings (SSSR count). The van der Waals surface area contributed by atoms with Gasteiger partial charge in [-0.2, -0.15) is 0 Å². The van der Waals surface area contributed by atoms with E-state index in [1.165, 1.54) is 17.2 Å². The highest BCUT2D eigenvalue weighted by Crippen LogP contribution is 2.66. The Balaban J connectivity index is 1.69. The Hall–Kier alpha value is -1.69. The van der Waals surface area contributed by atoms with Gasteiger partial charge in [-0.25, -0.2) is 4.79 Å². The number of hydrogen-bond acceptors (Lipinski definition) is 5. The van der Waals surface area contributed by atoms with E-state index in [0.29, 0.717) is 12.0 Å². The molecule has 0 radical (unpaired) electrons. The van der Waals surface area contributed by atoms with Gasteiger partial charge in [0.15, 0.2) is 6.10 Å². The SMILES string of the molecule is C=CC(=O)OC1C=CC2=C3C1(C)O[C@H]1[C@@H](O)C=C[C@H]4[C@@H](C2)N(C)CC[C@@]341. The molecule has 0 aromatic carbocycles. The molecule has 2 fully saturated rings. The number of carbonyl (C=O) groups is 1. The highest BCUT2D eigenvalue weighted by atomic mass is 16.6. The van der Waals surface area contributed by atoms with Crippen molar-refractivity contribution in [2.24, 2.45) is 11.3 Å². The van der Waals surface area contributed by atoms with Gasteiger partial charge in [-0.05, 0) is 50.6 Å². The zero-order chi connectivity index (χ0) is 18.3. The van der Waals surface area contributed by atoms with Crippen LogP contribution in [0.1, 0.15) is 19.8 Å². The zero-order valence-corrected chi connectivity index (χ0v) is 15.2. The lowest BCUT2D eigenvalue weighted by atomic mass is 9.50. The predicted molar refractivity (Wildman–Crippen MR) is 96.2 cm³/mol. The first-order chi connectivity index (χ1) is 12.4. The molecule has 5 aliphatic rings. The van der Waals surface area contributed by atoms with Gasteiger partial charge in [0.25, 0.3) is 0 Å². The maximum absolute atomic E-state index is 11.9. The van der Waals surface area contributed by atoms with E-state index in [-0.39, 0.29) is 11.5 Å². The molecule has 0 saturated carbocycles. The molecule has 2 saturated heterocycles. The summed E-state index contributed by atoms with van der Waals surface area (Å²) in [4.78, 5) is 14.3. The van der Waals surface area contributed by atoms with Crippen LogP contribution in [0.2, 0.25) is 0 Å². The summed E-state index contributed by atoms with van der Waals surface area (Å²) >= 11 is 0. The molecule has 0 amide bonds. The van der Waals surface area contributed by atoms with Gasteiger partial charge < -0.3 is 19.5 Å². The molecule has 5 heteroatoms. The Morgan fingerprint density at radius 3 is 3.04 bits per heavy atom.